The Bertz CT molecular complexity index is 495. The van der Waals surface area contributed by atoms with Crippen LogP contribution in [0.4, 0.5) is 5.69 Å². The molecular weight excluding hydrogens is 268 g/mol. The van der Waals surface area contributed by atoms with Gasteiger partial charge in [-0.25, -0.2) is 4.79 Å². The Balaban J connectivity index is 2.44. The average Bonchev–Trinajstić information content (AvgIpc) is 2.45. The fourth-order valence-corrected chi connectivity index (χ4v) is 1.87. The quantitative estimate of drug-likeness (QED) is 0.641. The molecule has 1 aromatic carbocycles. The largest absolute Gasteiger partial charge is 0.478 e. The summed E-state index contributed by atoms with van der Waals surface area (Å²) in [7, 11) is 0. The Morgan fingerprint density at radius 2 is 1.95 bits per heavy atom. The van der Waals surface area contributed by atoms with Crippen molar-refractivity contribution in [1.82, 2.24) is 0 Å². The third kappa shape index (κ3) is 7.27. The molecule has 0 aliphatic rings. The second kappa shape index (κ2) is 8.92. The number of hydrogen-bond donors (Lipinski definition) is 3. The highest BCUT2D eigenvalue weighted by atomic mass is 16.4. The predicted molar refractivity (Wildman–Crippen MR) is 83.8 cm³/mol. The van der Waals surface area contributed by atoms with Crippen LogP contribution in [0.1, 0.15) is 31.7 Å². The SMILES string of the molecule is CC(CCN)CCC(=O)Nc1ccc(/C=C/C(=O)O)cc1. The molecule has 1 atom stereocenters. The Morgan fingerprint density at radius 1 is 1.29 bits per heavy atom. The normalized spacial score (nSPS) is 12.3. The Hall–Kier alpha value is -2.14. The van der Waals surface area contributed by atoms with E-state index in [9.17, 15) is 9.59 Å². The Labute approximate surface area is 124 Å². The Kier molecular flexibility index (Phi) is 7.18. The van der Waals surface area contributed by atoms with E-state index in [1.807, 2.05) is 0 Å². The van der Waals surface area contributed by atoms with Gasteiger partial charge in [0.25, 0.3) is 0 Å². The van der Waals surface area contributed by atoms with Gasteiger partial charge in [-0.05, 0) is 49.1 Å². The lowest BCUT2D eigenvalue weighted by Gasteiger charge is -2.10. The molecule has 1 rings (SSSR count). The summed E-state index contributed by atoms with van der Waals surface area (Å²) < 4.78 is 0. The second-order valence-electron chi connectivity index (χ2n) is 5.06. The van der Waals surface area contributed by atoms with E-state index in [1.165, 1.54) is 6.08 Å². The smallest absolute Gasteiger partial charge is 0.328 e. The molecule has 0 spiro atoms. The molecule has 0 bridgehead atoms. The summed E-state index contributed by atoms with van der Waals surface area (Å²) in [5.41, 5.74) is 6.95. The van der Waals surface area contributed by atoms with Crippen LogP contribution < -0.4 is 11.1 Å². The van der Waals surface area contributed by atoms with Crippen molar-refractivity contribution in [3.8, 4) is 0 Å². The van der Waals surface area contributed by atoms with Gasteiger partial charge < -0.3 is 16.2 Å². The number of hydrogen-bond acceptors (Lipinski definition) is 3. The van der Waals surface area contributed by atoms with Crippen molar-refractivity contribution in [1.29, 1.82) is 0 Å². The lowest BCUT2D eigenvalue weighted by Crippen LogP contribution is -2.14. The van der Waals surface area contributed by atoms with E-state index in [0.29, 0.717) is 24.6 Å². The fourth-order valence-electron chi connectivity index (χ4n) is 1.87. The topological polar surface area (TPSA) is 92.4 Å². The molecule has 0 heterocycles. The molecule has 1 aromatic rings. The first kappa shape index (κ1) is 16.9. The van der Waals surface area contributed by atoms with Crippen LogP contribution in [0.3, 0.4) is 0 Å². The van der Waals surface area contributed by atoms with Gasteiger partial charge in [-0.3, -0.25) is 4.79 Å². The van der Waals surface area contributed by atoms with E-state index in [0.717, 1.165) is 24.5 Å². The summed E-state index contributed by atoms with van der Waals surface area (Å²) in [6.45, 7) is 2.73. The number of carboxylic acids is 1. The van der Waals surface area contributed by atoms with Gasteiger partial charge >= 0.3 is 5.97 Å². The molecule has 0 aliphatic carbocycles. The fraction of sp³-hybridized carbons (Fsp3) is 0.375. The highest BCUT2D eigenvalue weighted by Crippen LogP contribution is 2.13. The van der Waals surface area contributed by atoms with Gasteiger partial charge in [0.05, 0.1) is 0 Å². The minimum absolute atomic E-state index is 0.0206. The van der Waals surface area contributed by atoms with Gasteiger partial charge in [0.2, 0.25) is 5.91 Å². The molecule has 0 saturated carbocycles. The second-order valence-corrected chi connectivity index (χ2v) is 5.06. The molecule has 0 fully saturated rings. The van der Waals surface area contributed by atoms with Crippen LogP contribution in [0.5, 0.6) is 0 Å². The monoisotopic (exact) mass is 290 g/mol. The number of carbonyl (C=O) groups is 2. The molecule has 0 saturated heterocycles. The molecule has 0 radical (unpaired) electrons. The molecule has 21 heavy (non-hydrogen) atoms. The summed E-state index contributed by atoms with van der Waals surface area (Å²) in [4.78, 5) is 22.2. The van der Waals surface area contributed by atoms with E-state index in [1.54, 1.807) is 24.3 Å². The number of carboxylic acid groups (broad SMARTS) is 1. The molecule has 0 aliphatic heterocycles. The lowest BCUT2D eigenvalue weighted by atomic mass is 10.0. The molecule has 5 heteroatoms. The third-order valence-corrected chi connectivity index (χ3v) is 3.14. The predicted octanol–water partition coefficient (Wildman–Crippen LogP) is 2.49. The number of rotatable bonds is 8. The zero-order chi connectivity index (χ0) is 15.7. The first-order valence-corrected chi connectivity index (χ1v) is 7.02. The number of nitrogens with two attached hydrogens (primary N) is 1. The number of nitrogens with one attached hydrogen (secondary N) is 1. The van der Waals surface area contributed by atoms with Crippen molar-refractivity contribution in [2.24, 2.45) is 11.7 Å². The number of benzene rings is 1. The zero-order valence-corrected chi connectivity index (χ0v) is 12.2. The van der Waals surface area contributed by atoms with Gasteiger partial charge in [0.1, 0.15) is 0 Å². The van der Waals surface area contributed by atoms with Gasteiger partial charge in [-0.2, -0.15) is 0 Å². The van der Waals surface area contributed by atoms with Gasteiger partial charge in [-0.1, -0.05) is 19.1 Å². The summed E-state index contributed by atoms with van der Waals surface area (Å²) in [6.07, 6.45) is 4.80. The minimum Gasteiger partial charge on any atom is -0.478 e. The van der Waals surface area contributed by atoms with E-state index in [-0.39, 0.29) is 5.91 Å². The number of anilines is 1. The standard InChI is InChI=1S/C16H22N2O3/c1-12(10-11-17)2-8-15(19)18-14-6-3-13(4-7-14)5-9-16(20)21/h3-7,9,12H,2,8,10-11,17H2,1H3,(H,18,19)(H,20,21)/b9-5+. The summed E-state index contributed by atoms with van der Waals surface area (Å²) in [6, 6.07) is 7.02. The minimum atomic E-state index is -0.987. The van der Waals surface area contributed by atoms with E-state index in [4.69, 9.17) is 10.8 Å². The lowest BCUT2D eigenvalue weighted by molar-refractivity contribution is -0.131. The average molecular weight is 290 g/mol. The van der Waals surface area contributed by atoms with Crippen LogP contribution >= 0.6 is 0 Å². The number of amides is 1. The maximum atomic E-state index is 11.8. The van der Waals surface area contributed by atoms with Crippen molar-refractivity contribution in [3.05, 3.63) is 35.9 Å². The summed E-state index contributed by atoms with van der Waals surface area (Å²) >= 11 is 0. The molecule has 1 amide bonds. The molecule has 1 unspecified atom stereocenters. The van der Waals surface area contributed by atoms with E-state index < -0.39 is 5.97 Å². The molecule has 0 aromatic heterocycles. The maximum Gasteiger partial charge on any atom is 0.328 e. The molecule has 4 N–H and O–H groups in total. The highest BCUT2D eigenvalue weighted by Gasteiger charge is 2.06. The van der Waals surface area contributed by atoms with Gasteiger partial charge in [-0.15, -0.1) is 0 Å². The first-order valence-electron chi connectivity index (χ1n) is 7.02. The molecule has 114 valence electrons. The molecule has 5 nitrogen and oxygen atoms in total. The van der Waals surface area contributed by atoms with Crippen LogP contribution in [-0.2, 0) is 9.59 Å². The van der Waals surface area contributed by atoms with Crippen LogP contribution in [0.25, 0.3) is 6.08 Å². The number of aliphatic carboxylic acids is 1. The summed E-state index contributed by atoms with van der Waals surface area (Å²) in [5.74, 6) is -0.559. The Morgan fingerprint density at radius 3 is 2.52 bits per heavy atom. The van der Waals surface area contributed by atoms with E-state index in [2.05, 4.69) is 12.2 Å². The van der Waals surface area contributed by atoms with Crippen molar-refractivity contribution in [3.63, 3.8) is 0 Å². The maximum absolute atomic E-state index is 11.8. The van der Waals surface area contributed by atoms with Crippen LogP contribution in [0, 0.1) is 5.92 Å². The third-order valence-electron chi connectivity index (χ3n) is 3.14. The van der Waals surface area contributed by atoms with Crippen LogP contribution in [0.15, 0.2) is 30.3 Å². The van der Waals surface area contributed by atoms with Crippen molar-refractivity contribution in [2.75, 3.05) is 11.9 Å². The van der Waals surface area contributed by atoms with Gasteiger partial charge in [0, 0.05) is 18.2 Å². The van der Waals surface area contributed by atoms with Crippen molar-refractivity contribution < 1.29 is 14.7 Å². The van der Waals surface area contributed by atoms with Gasteiger partial charge in [0.15, 0.2) is 0 Å². The molecular formula is C16H22N2O3. The van der Waals surface area contributed by atoms with Crippen LogP contribution in [-0.4, -0.2) is 23.5 Å². The van der Waals surface area contributed by atoms with Crippen LogP contribution in [0.2, 0.25) is 0 Å². The van der Waals surface area contributed by atoms with E-state index >= 15 is 0 Å². The number of carbonyl (C=O) groups excluding carboxylic acids is 1. The van der Waals surface area contributed by atoms with Crippen molar-refractivity contribution in [2.45, 2.75) is 26.2 Å². The highest BCUT2D eigenvalue weighted by molar-refractivity contribution is 5.91. The van der Waals surface area contributed by atoms with Crippen molar-refractivity contribution >= 4 is 23.6 Å². The summed E-state index contributed by atoms with van der Waals surface area (Å²) in [5, 5.41) is 11.4. The first-order chi connectivity index (χ1) is 10.0. The zero-order valence-electron chi connectivity index (χ0n) is 12.2.